The highest BCUT2D eigenvalue weighted by atomic mass is 16.5. The second-order valence-corrected chi connectivity index (χ2v) is 12.1. The molecule has 0 saturated carbocycles. The van der Waals surface area contributed by atoms with Crippen molar-refractivity contribution in [3.63, 3.8) is 0 Å². The molecule has 1 amide bonds. The Kier molecular flexibility index (Phi) is 6.96. The number of carboxylic acid groups (broad SMARTS) is 1. The summed E-state index contributed by atoms with van der Waals surface area (Å²) >= 11 is 0. The van der Waals surface area contributed by atoms with E-state index < -0.39 is 11.9 Å². The van der Waals surface area contributed by atoms with E-state index >= 15 is 0 Å². The number of likely N-dealkylation sites (N-methyl/N-ethyl adjacent to an activating group) is 1. The zero-order valence-electron chi connectivity index (χ0n) is 24.7. The molecule has 2 aliphatic heterocycles. The summed E-state index contributed by atoms with van der Waals surface area (Å²) in [5.41, 5.74) is 2.39. The van der Waals surface area contributed by atoms with Crippen LogP contribution in [0.3, 0.4) is 0 Å². The Balaban J connectivity index is 1.84. The van der Waals surface area contributed by atoms with Gasteiger partial charge < -0.3 is 24.2 Å². The van der Waals surface area contributed by atoms with Crippen LogP contribution >= 0.6 is 0 Å². The van der Waals surface area contributed by atoms with Crippen LogP contribution < -0.4 is 9.47 Å². The minimum absolute atomic E-state index is 0.0628. The number of aryl methyl sites for hydroxylation is 1. The van der Waals surface area contributed by atoms with Crippen molar-refractivity contribution < 1.29 is 33.7 Å². The van der Waals surface area contributed by atoms with Crippen LogP contribution in [-0.2, 0) is 14.3 Å². The van der Waals surface area contributed by atoms with Gasteiger partial charge in [0.1, 0.15) is 23.0 Å². The van der Waals surface area contributed by atoms with Crippen molar-refractivity contribution in [3.8, 4) is 22.8 Å². The summed E-state index contributed by atoms with van der Waals surface area (Å²) in [4.78, 5) is 45.8. The van der Waals surface area contributed by atoms with Crippen molar-refractivity contribution in [1.82, 2.24) is 9.88 Å². The second-order valence-electron chi connectivity index (χ2n) is 12.1. The van der Waals surface area contributed by atoms with Crippen LogP contribution in [0.15, 0.2) is 46.9 Å². The van der Waals surface area contributed by atoms with Crippen LogP contribution in [0.5, 0.6) is 11.5 Å². The summed E-state index contributed by atoms with van der Waals surface area (Å²) < 4.78 is 18.4. The molecule has 1 aliphatic carbocycles. The van der Waals surface area contributed by atoms with E-state index in [1.807, 2.05) is 27.7 Å². The molecule has 41 heavy (non-hydrogen) atoms. The van der Waals surface area contributed by atoms with Gasteiger partial charge in [0.2, 0.25) is 0 Å². The summed E-state index contributed by atoms with van der Waals surface area (Å²) in [6.45, 7) is 9.83. The number of rotatable bonds is 6. The average Bonchev–Trinajstić information content (AvgIpc) is 3.15. The first kappa shape index (κ1) is 28.4. The molecule has 3 aliphatic rings. The van der Waals surface area contributed by atoms with Crippen LogP contribution in [0.1, 0.15) is 68.1 Å². The Morgan fingerprint density at radius 3 is 2.41 bits per heavy atom. The lowest BCUT2D eigenvalue weighted by Crippen LogP contribution is -2.36. The van der Waals surface area contributed by atoms with Gasteiger partial charge in [0, 0.05) is 36.6 Å². The van der Waals surface area contributed by atoms with Crippen LogP contribution in [-0.4, -0.2) is 60.0 Å². The number of amides is 1. The molecule has 0 bridgehead atoms. The number of hydrogen-bond acceptors (Lipinski definition) is 7. The fourth-order valence-corrected chi connectivity index (χ4v) is 6.49. The van der Waals surface area contributed by atoms with Gasteiger partial charge in [-0.05, 0) is 42.0 Å². The lowest BCUT2D eigenvalue weighted by atomic mass is 9.69. The fourth-order valence-electron chi connectivity index (χ4n) is 6.49. The molecule has 5 rings (SSSR count). The van der Waals surface area contributed by atoms with Gasteiger partial charge in [-0.25, -0.2) is 9.78 Å². The summed E-state index contributed by atoms with van der Waals surface area (Å²) in [6.07, 6.45) is 0.841. The minimum Gasteiger partial charge on any atom is -0.496 e. The van der Waals surface area contributed by atoms with Gasteiger partial charge in [-0.1, -0.05) is 33.8 Å². The molecule has 2 atom stereocenters. The van der Waals surface area contributed by atoms with Gasteiger partial charge in [-0.15, -0.1) is 0 Å². The highest BCUT2D eigenvalue weighted by Gasteiger charge is 2.53. The molecule has 1 aromatic carbocycles. The average molecular weight is 561 g/mol. The number of Topliss-reactive ketones (excluding diaryl/α,β-unsaturated/α-hetero) is 1. The van der Waals surface area contributed by atoms with Crippen molar-refractivity contribution in [2.75, 3.05) is 21.3 Å². The number of aromatic carboxylic acids is 1. The predicted octanol–water partition coefficient (Wildman–Crippen LogP) is 5.28. The molecule has 1 N–H and O–H groups in total. The normalized spacial score (nSPS) is 21.6. The summed E-state index contributed by atoms with van der Waals surface area (Å²) in [5, 5.41) is 9.71. The molecule has 0 unspecified atom stereocenters. The molecule has 9 nitrogen and oxygen atoms in total. The monoisotopic (exact) mass is 560 g/mol. The molecule has 0 radical (unpaired) electrons. The lowest BCUT2D eigenvalue weighted by Gasteiger charge is -2.39. The van der Waals surface area contributed by atoms with Crippen LogP contribution in [0.2, 0.25) is 0 Å². The predicted molar refractivity (Wildman–Crippen MR) is 152 cm³/mol. The Morgan fingerprint density at radius 1 is 1.10 bits per heavy atom. The number of methoxy groups -OCH3 is 2. The Hall–Kier alpha value is -4.14. The van der Waals surface area contributed by atoms with Gasteiger partial charge in [0.15, 0.2) is 11.5 Å². The van der Waals surface area contributed by atoms with Crippen molar-refractivity contribution in [3.05, 3.63) is 63.8 Å². The van der Waals surface area contributed by atoms with E-state index in [-0.39, 0.29) is 34.8 Å². The molecule has 2 aromatic rings. The number of benzene rings is 1. The zero-order valence-corrected chi connectivity index (χ0v) is 24.7. The van der Waals surface area contributed by atoms with Crippen LogP contribution in [0.25, 0.3) is 11.3 Å². The topological polar surface area (TPSA) is 115 Å². The number of carbonyl (C=O) groups excluding carboxylic acids is 2. The van der Waals surface area contributed by atoms with Gasteiger partial charge in [-0.2, -0.15) is 0 Å². The largest absolute Gasteiger partial charge is 0.496 e. The third-order valence-electron chi connectivity index (χ3n) is 8.27. The lowest BCUT2D eigenvalue weighted by molar-refractivity contribution is -0.126. The molecule has 0 fully saturated rings. The first-order valence-electron chi connectivity index (χ1n) is 13.7. The Bertz CT molecular complexity index is 1550. The summed E-state index contributed by atoms with van der Waals surface area (Å²) in [6, 6.07) is 6.62. The quantitative estimate of drug-likeness (QED) is 0.508. The zero-order chi connectivity index (χ0) is 30.0. The number of pyridine rings is 1. The number of carboxylic acids is 1. The number of allylic oxidation sites excluding steroid dienone is 2. The van der Waals surface area contributed by atoms with Crippen molar-refractivity contribution in [2.24, 2.45) is 11.3 Å². The van der Waals surface area contributed by atoms with Crippen LogP contribution in [0.4, 0.5) is 0 Å². The summed E-state index contributed by atoms with van der Waals surface area (Å²) in [5.74, 6) is -0.278. The second kappa shape index (κ2) is 10.0. The van der Waals surface area contributed by atoms with Crippen LogP contribution in [0, 0.1) is 18.3 Å². The number of ether oxygens (including phenoxy) is 3. The third-order valence-corrected chi connectivity index (χ3v) is 8.27. The first-order valence-corrected chi connectivity index (χ1v) is 13.7. The number of ketones is 1. The number of nitrogens with zero attached hydrogens (tertiary/aromatic N) is 2. The maximum Gasteiger partial charge on any atom is 0.354 e. The molecule has 0 spiro atoms. The summed E-state index contributed by atoms with van der Waals surface area (Å²) in [7, 11) is 4.79. The number of hydrogen-bond donors (Lipinski definition) is 1. The van der Waals surface area contributed by atoms with E-state index in [0.29, 0.717) is 69.4 Å². The van der Waals surface area contributed by atoms with E-state index in [9.17, 15) is 19.5 Å². The van der Waals surface area contributed by atoms with E-state index in [2.05, 4.69) is 4.98 Å². The van der Waals surface area contributed by atoms with E-state index in [4.69, 9.17) is 14.2 Å². The highest BCUT2D eigenvalue weighted by Crippen LogP contribution is 2.56. The fraction of sp³-hybridized carbons (Fsp3) is 0.438. The molecule has 0 saturated heterocycles. The maximum absolute atomic E-state index is 14.0. The molecular weight excluding hydrogens is 524 g/mol. The van der Waals surface area contributed by atoms with Gasteiger partial charge in [-0.3, -0.25) is 9.59 Å². The maximum atomic E-state index is 14.0. The van der Waals surface area contributed by atoms with E-state index in [1.54, 1.807) is 43.1 Å². The Morgan fingerprint density at radius 2 is 1.80 bits per heavy atom. The van der Waals surface area contributed by atoms with E-state index in [1.165, 1.54) is 14.2 Å². The molecular formula is C32H36N2O7. The van der Waals surface area contributed by atoms with Gasteiger partial charge >= 0.3 is 5.97 Å². The van der Waals surface area contributed by atoms with Crippen molar-refractivity contribution in [2.45, 2.75) is 59.4 Å². The third kappa shape index (κ3) is 4.47. The first-order chi connectivity index (χ1) is 19.3. The van der Waals surface area contributed by atoms with E-state index in [0.717, 1.165) is 0 Å². The highest BCUT2D eigenvalue weighted by molar-refractivity contribution is 6.07. The van der Waals surface area contributed by atoms with Gasteiger partial charge in [0.05, 0.1) is 37.4 Å². The smallest absolute Gasteiger partial charge is 0.354 e. The molecule has 3 heterocycles. The molecule has 9 heteroatoms. The van der Waals surface area contributed by atoms with Crippen molar-refractivity contribution in [1.29, 1.82) is 0 Å². The Labute approximate surface area is 239 Å². The SMILES string of the molecule is COc1ccc(-c2ccc(C)c(C(=O)O)n2)c(OC)c1[C@H]1C2=C(CC(C)(C)CC2=O)OC2=C1C(=O)N(C)[C@@H]2C(C)C. The molecule has 216 valence electrons. The minimum atomic E-state index is -1.14. The standard InChI is InChI=1S/C32H36N2O7/c1-15(2)27-29-25(30(36)34(27)6)24(22-19(35)13-32(4,5)14-21(22)41-29)23-20(39-7)12-10-17(28(23)40-8)18-11-9-16(3)26(33-18)31(37)38/h9-12,15,24,27H,13-14H2,1-8H3,(H,37,38)/t24-,27-/m1/s1. The van der Waals surface area contributed by atoms with Gasteiger partial charge in [0.25, 0.3) is 5.91 Å². The number of carbonyl (C=O) groups is 3. The molecule has 1 aromatic heterocycles. The number of aromatic nitrogens is 1. The van der Waals surface area contributed by atoms with Crippen molar-refractivity contribution >= 4 is 17.7 Å².